The molecule has 26 heavy (non-hydrogen) atoms. The van der Waals surface area contributed by atoms with Gasteiger partial charge in [0.2, 0.25) is 0 Å². The lowest BCUT2D eigenvalue weighted by Crippen LogP contribution is -1.92. The first-order valence-corrected chi connectivity index (χ1v) is 9.37. The first-order chi connectivity index (χ1) is 12.6. The van der Waals surface area contributed by atoms with Gasteiger partial charge in [0, 0.05) is 5.92 Å². The van der Waals surface area contributed by atoms with Crippen molar-refractivity contribution >= 4 is 10.8 Å². The maximum atomic E-state index is 2.43. The van der Waals surface area contributed by atoms with Crippen LogP contribution in [0, 0.1) is 13.8 Å². The summed E-state index contributed by atoms with van der Waals surface area (Å²) in [6.45, 7) is 6.68. The molecule has 0 N–H and O–H groups in total. The third kappa shape index (κ3) is 2.15. The van der Waals surface area contributed by atoms with Crippen LogP contribution in [0.3, 0.4) is 0 Å². The Hall–Kier alpha value is -2.86. The standard InChI is InChI=1S/C26H22/c1-16-8-11-19(12-9-16)25-15-24-18(3)23-14-17(2)10-13-22(23)26(24)21-7-5-4-6-20(21)25/h4-15,18H,1-3H3. The fourth-order valence-corrected chi connectivity index (χ4v) is 4.45. The average Bonchev–Trinajstić information content (AvgIpc) is 2.94. The Morgan fingerprint density at radius 1 is 0.615 bits per heavy atom. The molecule has 0 saturated heterocycles. The zero-order valence-electron chi connectivity index (χ0n) is 15.5. The normalized spacial score (nSPS) is 15.1. The first kappa shape index (κ1) is 15.4. The summed E-state index contributed by atoms with van der Waals surface area (Å²) in [5.41, 5.74) is 11.0. The van der Waals surface area contributed by atoms with E-state index < -0.39 is 0 Å². The number of benzene rings is 4. The molecule has 0 nitrogen and oxygen atoms in total. The fourth-order valence-electron chi connectivity index (χ4n) is 4.45. The van der Waals surface area contributed by atoms with Gasteiger partial charge in [0.05, 0.1) is 0 Å². The van der Waals surface area contributed by atoms with Gasteiger partial charge in [0.25, 0.3) is 0 Å². The Balaban J connectivity index is 1.87. The van der Waals surface area contributed by atoms with Gasteiger partial charge >= 0.3 is 0 Å². The molecular weight excluding hydrogens is 312 g/mol. The molecule has 1 aliphatic rings. The van der Waals surface area contributed by atoms with Crippen LogP contribution in [0.25, 0.3) is 33.0 Å². The number of hydrogen-bond acceptors (Lipinski definition) is 0. The molecule has 0 spiro atoms. The molecule has 0 amide bonds. The summed E-state index contributed by atoms with van der Waals surface area (Å²) in [5.74, 6) is 0.439. The van der Waals surface area contributed by atoms with Gasteiger partial charge in [-0.25, -0.2) is 0 Å². The predicted molar refractivity (Wildman–Crippen MR) is 112 cm³/mol. The third-order valence-corrected chi connectivity index (χ3v) is 5.85. The van der Waals surface area contributed by atoms with Crippen molar-refractivity contribution in [2.24, 2.45) is 0 Å². The molecule has 0 aliphatic heterocycles. The Labute approximate surface area is 155 Å². The minimum atomic E-state index is 0.439. The SMILES string of the molecule is Cc1ccc(-c2cc3c(c4ccccc24)-c2ccc(C)cc2C3C)cc1. The summed E-state index contributed by atoms with van der Waals surface area (Å²) in [5, 5.41) is 2.71. The summed E-state index contributed by atoms with van der Waals surface area (Å²) in [4.78, 5) is 0. The molecule has 126 valence electrons. The molecule has 0 heteroatoms. The maximum absolute atomic E-state index is 2.43. The van der Waals surface area contributed by atoms with E-state index in [2.05, 4.69) is 93.6 Å². The zero-order valence-corrected chi connectivity index (χ0v) is 15.5. The molecule has 5 rings (SSSR count). The van der Waals surface area contributed by atoms with E-state index in [1.165, 1.54) is 55.3 Å². The molecule has 4 aromatic carbocycles. The van der Waals surface area contributed by atoms with Gasteiger partial charge in [0.15, 0.2) is 0 Å². The van der Waals surface area contributed by atoms with Crippen molar-refractivity contribution in [3.63, 3.8) is 0 Å². The van der Waals surface area contributed by atoms with E-state index in [-0.39, 0.29) is 0 Å². The molecule has 1 atom stereocenters. The molecule has 1 unspecified atom stereocenters. The highest BCUT2D eigenvalue weighted by atomic mass is 14.3. The summed E-state index contributed by atoms with van der Waals surface area (Å²) in [6, 6.07) is 27.1. The zero-order chi connectivity index (χ0) is 17.8. The molecule has 0 saturated carbocycles. The Kier molecular flexibility index (Phi) is 3.30. The summed E-state index contributed by atoms with van der Waals surface area (Å²) in [7, 11) is 0. The lowest BCUT2D eigenvalue weighted by Gasteiger charge is -2.14. The Morgan fingerprint density at radius 3 is 2.08 bits per heavy atom. The highest BCUT2D eigenvalue weighted by Gasteiger charge is 2.28. The van der Waals surface area contributed by atoms with Crippen molar-refractivity contribution in [2.45, 2.75) is 26.7 Å². The van der Waals surface area contributed by atoms with Crippen LogP contribution in [0.1, 0.15) is 35.1 Å². The van der Waals surface area contributed by atoms with Gasteiger partial charge in [-0.1, -0.05) is 84.8 Å². The lowest BCUT2D eigenvalue weighted by atomic mass is 9.89. The van der Waals surface area contributed by atoms with Crippen molar-refractivity contribution in [2.75, 3.05) is 0 Å². The molecule has 0 bridgehead atoms. The molecule has 0 fully saturated rings. The van der Waals surface area contributed by atoms with Crippen molar-refractivity contribution in [3.05, 3.63) is 95.1 Å². The minimum absolute atomic E-state index is 0.439. The number of aryl methyl sites for hydroxylation is 2. The van der Waals surface area contributed by atoms with E-state index in [9.17, 15) is 0 Å². The molecular formula is C26H22. The quantitative estimate of drug-likeness (QED) is 0.344. The molecule has 0 aromatic heterocycles. The van der Waals surface area contributed by atoms with Crippen molar-refractivity contribution in [1.29, 1.82) is 0 Å². The summed E-state index contributed by atoms with van der Waals surface area (Å²) < 4.78 is 0. The van der Waals surface area contributed by atoms with Gasteiger partial charge in [-0.3, -0.25) is 0 Å². The minimum Gasteiger partial charge on any atom is -0.0616 e. The second kappa shape index (κ2) is 5.57. The van der Waals surface area contributed by atoms with Gasteiger partial charge in [-0.05, 0) is 64.1 Å². The van der Waals surface area contributed by atoms with Crippen LogP contribution >= 0.6 is 0 Å². The first-order valence-electron chi connectivity index (χ1n) is 9.37. The van der Waals surface area contributed by atoms with E-state index in [1.807, 2.05) is 0 Å². The maximum Gasteiger partial charge on any atom is 0.00738 e. The van der Waals surface area contributed by atoms with Crippen molar-refractivity contribution in [3.8, 4) is 22.3 Å². The van der Waals surface area contributed by atoms with Crippen LogP contribution in [-0.4, -0.2) is 0 Å². The molecule has 0 radical (unpaired) electrons. The van der Waals surface area contributed by atoms with Crippen molar-refractivity contribution in [1.82, 2.24) is 0 Å². The topological polar surface area (TPSA) is 0 Å². The van der Waals surface area contributed by atoms with E-state index in [0.29, 0.717) is 5.92 Å². The largest absolute Gasteiger partial charge is 0.0616 e. The second-order valence-corrected chi connectivity index (χ2v) is 7.61. The molecule has 4 aromatic rings. The molecule has 0 heterocycles. The van der Waals surface area contributed by atoms with Gasteiger partial charge in [0.1, 0.15) is 0 Å². The Morgan fingerprint density at radius 2 is 1.31 bits per heavy atom. The van der Waals surface area contributed by atoms with Gasteiger partial charge in [-0.15, -0.1) is 0 Å². The predicted octanol–water partition coefficient (Wildman–Crippen LogP) is 7.26. The van der Waals surface area contributed by atoms with Gasteiger partial charge in [-0.2, -0.15) is 0 Å². The van der Waals surface area contributed by atoms with Crippen LogP contribution in [0.4, 0.5) is 0 Å². The van der Waals surface area contributed by atoms with Crippen LogP contribution in [-0.2, 0) is 0 Å². The lowest BCUT2D eigenvalue weighted by molar-refractivity contribution is 0.956. The summed E-state index contributed by atoms with van der Waals surface area (Å²) in [6.07, 6.45) is 0. The third-order valence-electron chi connectivity index (χ3n) is 5.85. The van der Waals surface area contributed by atoms with E-state index in [1.54, 1.807) is 0 Å². The molecule has 1 aliphatic carbocycles. The van der Waals surface area contributed by atoms with E-state index >= 15 is 0 Å². The highest BCUT2D eigenvalue weighted by Crippen LogP contribution is 2.50. The van der Waals surface area contributed by atoms with Crippen LogP contribution in [0.5, 0.6) is 0 Å². The average molecular weight is 334 g/mol. The smallest absolute Gasteiger partial charge is 0.00738 e. The monoisotopic (exact) mass is 334 g/mol. The van der Waals surface area contributed by atoms with Crippen LogP contribution < -0.4 is 0 Å². The number of rotatable bonds is 1. The van der Waals surface area contributed by atoms with Gasteiger partial charge < -0.3 is 0 Å². The summed E-state index contributed by atoms with van der Waals surface area (Å²) >= 11 is 0. The van der Waals surface area contributed by atoms with E-state index in [4.69, 9.17) is 0 Å². The van der Waals surface area contributed by atoms with Crippen molar-refractivity contribution < 1.29 is 0 Å². The number of fused-ring (bicyclic) bond motifs is 5. The number of hydrogen-bond donors (Lipinski definition) is 0. The van der Waals surface area contributed by atoms with Crippen LogP contribution in [0.15, 0.2) is 72.8 Å². The fraction of sp³-hybridized carbons (Fsp3) is 0.154. The highest BCUT2D eigenvalue weighted by molar-refractivity contribution is 6.08. The second-order valence-electron chi connectivity index (χ2n) is 7.61. The van der Waals surface area contributed by atoms with Crippen LogP contribution in [0.2, 0.25) is 0 Å². The Bertz CT molecular complexity index is 1150. The van der Waals surface area contributed by atoms with E-state index in [0.717, 1.165) is 0 Å².